The van der Waals surface area contributed by atoms with Crippen LogP contribution in [0.3, 0.4) is 0 Å². The maximum Gasteiger partial charge on any atom is 0.224 e. The van der Waals surface area contributed by atoms with E-state index >= 15 is 0 Å². The summed E-state index contributed by atoms with van der Waals surface area (Å²) in [4.78, 5) is 40.2. The molecule has 15 heteroatoms. The Balaban J connectivity index is 0.000000172. The van der Waals surface area contributed by atoms with Crippen LogP contribution >= 0.6 is 57.5 Å². The van der Waals surface area contributed by atoms with E-state index in [4.69, 9.17) is 44.8 Å². The molecule has 260 valence electrons. The average molecular weight is 776 g/mol. The number of thiophene rings is 2. The summed E-state index contributed by atoms with van der Waals surface area (Å²) < 4.78 is 1.81. The molecule has 0 amide bonds. The lowest BCUT2D eigenvalue weighted by atomic mass is 10.2. The number of fused-ring (bicyclic) bond motifs is 6. The van der Waals surface area contributed by atoms with Gasteiger partial charge in [-0.2, -0.15) is 4.98 Å². The zero-order valence-electron chi connectivity index (χ0n) is 26.1. The van der Waals surface area contributed by atoms with Crippen molar-refractivity contribution in [1.29, 1.82) is 0 Å². The van der Waals surface area contributed by atoms with Gasteiger partial charge in [-0.05, 0) is 37.0 Å². The first-order valence-corrected chi connectivity index (χ1v) is 18.1. The van der Waals surface area contributed by atoms with Crippen LogP contribution in [0.1, 0.15) is 26.2 Å². The molecular formula is C36H33Cl3N10S2. The lowest BCUT2D eigenvalue weighted by Gasteiger charge is -2.28. The van der Waals surface area contributed by atoms with Crippen LogP contribution in [0.4, 0.5) is 5.82 Å². The first kappa shape index (κ1) is 36.6. The molecule has 0 aliphatic carbocycles. The minimum atomic E-state index is 0. The lowest BCUT2D eigenvalue weighted by Crippen LogP contribution is -2.44. The predicted molar refractivity (Wildman–Crippen MR) is 215 cm³/mol. The van der Waals surface area contributed by atoms with Gasteiger partial charge in [-0.3, -0.25) is 0 Å². The third kappa shape index (κ3) is 7.04. The summed E-state index contributed by atoms with van der Waals surface area (Å²) in [6.07, 6.45) is 0. The number of aromatic nitrogens is 8. The smallest absolute Gasteiger partial charge is 0.224 e. The van der Waals surface area contributed by atoms with Crippen LogP contribution in [-0.4, -0.2) is 66.1 Å². The van der Waals surface area contributed by atoms with Gasteiger partial charge in [0.2, 0.25) is 10.6 Å². The van der Waals surface area contributed by atoms with Crippen molar-refractivity contribution in [1.82, 2.24) is 45.2 Å². The molecule has 6 aromatic heterocycles. The van der Waals surface area contributed by atoms with Crippen molar-refractivity contribution in [3.05, 3.63) is 87.8 Å². The van der Waals surface area contributed by atoms with Gasteiger partial charge in [0, 0.05) is 37.3 Å². The molecule has 8 aromatic rings. The summed E-state index contributed by atoms with van der Waals surface area (Å²) >= 11 is 21.4. The van der Waals surface area contributed by atoms with Crippen LogP contribution in [0.25, 0.3) is 63.6 Å². The summed E-state index contributed by atoms with van der Waals surface area (Å²) in [6.45, 7) is 7.61. The van der Waals surface area contributed by atoms with E-state index in [0.717, 1.165) is 95.7 Å². The Morgan fingerprint density at radius 2 is 1.06 bits per heavy atom. The van der Waals surface area contributed by atoms with Gasteiger partial charge in [0.15, 0.2) is 22.6 Å². The lowest BCUT2D eigenvalue weighted by molar-refractivity contribution is 0.586. The van der Waals surface area contributed by atoms with Crippen LogP contribution in [0.5, 0.6) is 0 Å². The van der Waals surface area contributed by atoms with Crippen molar-refractivity contribution in [2.24, 2.45) is 0 Å². The highest BCUT2D eigenvalue weighted by Crippen LogP contribution is 2.40. The number of benzene rings is 2. The summed E-state index contributed by atoms with van der Waals surface area (Å²) in [5.41, 5.74) is 5.29. The fourth-order valence-corrected chi connectivity index (χ4v) is 8.73. The Labute approximate surface area is 318 Å². The largest absolute Gasteiger partial charge is 0.353 e. The number of hydrogen-bond acceptors (Lipinski definition) is 12. The van der Waals surface area contributed by atoms with Gasteiger partial charge in [-0.15, -0.1) is 22.7 Å². The Morgan fingerprint density at radius 3 is 1.59 bits per heavy atom. The van der Waals surface area contributed by atoms with Gasteiger partial charge in [-0.25, -0.2) is 34.9 Å². The molecule has 0 saturated carbocycles. The molecular weight excluding hydrogens is 743 g/mol. The highest BCUT2D eigenvalue weighted by molar-refractivity contribution is 7.26. The Kier molecular flexibility index (Phi) is 10.9. The summed E-state index contributed by atoms with van der Waals surface area (Å²) in [7, 11) is 0. The number of rotatable bonds is 3. The quantitative estimate of drug-likeness (QED) is 0.137. The van der Waals surface area contributed by atoms with E-state index < -0.39 is 0 Å². The summed E-state index contributed by atoms with van der Waals surface area (Å²) in [6, 6.07) is 19.9. The second-order valence-electron chi connectivity index (χ2n) is 11.3. The normalized spacial score (nSPS) is 12.8. The van der Waals surface area contributed by atoms with Crippen LogP contribution in [-0.2, 0) is 0 Å². The van der Waals surface area contributed by atoms with E-state index in [1.807, 2.05) is 74.5 Å². The van der Waals surface area contributed by atoms with E-state index in [9.17, 15) is 0 Å². The number of piperazine rings is 1. The molecule has 0 spiro atoms. The fraction of sp³-hybridized carbons (Fsp3) is 0.222. The first-order chi connectivity index (χ1) is 23.8. The molecule has 1 aliphatic heterocycles. The molecule has 0 unspecified atom stereocenters. The van der Waals surface area contributed by atoms with Gasteiger partial charge in [0.25, 0.3) is 0 Å². The molecule has 0 bridgehead atoms. The molecule has 9 rings (SSSR count). The van der Waals surface area contributed by atoms with E-state index in [-0.39, 0.29) is 25.4 Å². The minimum absolute atomic E-state index is 0. The van der Waals surface area contributed by atoms with E-state index in [2.05, 4.69) is 40.1 Å². The molecule has 2 aromatic carbocycles. The van der Waals surface area contributed by atoms with Gasteiger partial charge < -0.3 is 10.2 Å². The van der Waals surface area contributed by atoms with E-state index in [0.29, 0.717) is 16.5 Å². The highest BCUT2D eigenvalue weighted by atomic mass is 35.5. The minimum Gasteiger partial charge on any atom is -0.353 e. The zero-order chi connectivity index (χ0) is 33.6. The second kappa shape index (κ2) is 15.2. The number of nitrogens with one attached hydrogen (secondary N) is 1. The van der Waals surface area contributed by atoms with Crippen molar-refractivity contribution in [2.75, 3.05) is 31.1 Å². The summed E-state index contributed by atoms with van der Waals surface area (Å²) in [5.74, 6) is 2.32. The second-order valence-corrected chi connectivity index (χ2v) is 14.3. The highest BCUT2D eigenvalue weighted by Gasteiger charge is 2.22. The molecule has 51 heavy (non-hydrogen) atoms. The zero-order valence-corrected chi connectivity index (χ0v) is 30.0. The maximum atomic E-state index is 6.28. The number of aryl methyl sites for hydroxylation is 2. The molecule has 1 N–H and O–H groups in total. The molecule has 1 aliphatic rings. The topological polar surface area (TPSA) is 118 Å². The molecule has 7 heterocycles. The van der Waals surface area contributed by atoms with Gasteiger partial charge in [0.1, 0.15) is 9.66 Å². The van der Waals surface area contributed by atoms with Crippen LogP contribution in [0.15, 0.2) is 60.7 Å². The standard InChI is InChI=1S/C19H17ClN6S.C15H8Cl2N4S.2CH4/c1-11-13-14-15(17(25-19(20)23-14)26-9-7-21-8-10-26)27-18(13)24-16(22-11)12-5-3-2-4-6-12;1-7-9-10-11(12(16)20-15(17)19-10)22-14(9)21-13(18-7)8-5-3-2-4-6-8;;/h2-6,21H,7-10H2,1H3;2-6H,1H3;2*1H4. The van der Waals surface area contributed by atoms with Crippen molar-refractivity contribution in [3.63, 3.8) is 0 Å². The van der Waals surface area contributed by atoms with Gasteiger partial charge in [-0.1, -0.05) is 87.1 Å². The van der Waals surface area contributed by atoms with Crippen LogP contribution < -0.4 is 10.2 Å². The van der Waals surface area contributed by atoms with Crippen molar-refractivity contribution in [2.45, 2.75) is 28.7 Å². The SMILES string of the molecule is C.C.Cc1nc(-c2ccccc2)nc2sc3c(Cl)nc(Cl)nc3c12.Cc1nc(-c2ccccc2)nc2sc3c(N4CCNCC4)nc(Cl)nc3c12. The van der Waals surface area contributed by atoms with Crippen molar-refractivity contribution in [3.8, 4) is 22.8 Å². The fourth-order valence-electron chi connectivity index (χ4n) is 5.84. The van der Waals surface area contributed by atoms with Crippen LogP contribution in [0, 0.1) is 13.8 Å². The molecule has 10 nitrogen and oxygen atoms in total. The van der Waals surface area contributed by atoms with E-state index in [1.165, 1.54) is 11.3 Å². The number of halogens is 3. The van der Waals surface area contributed by atoms with Crippen molar-refractivity contribution >= 4 is 104 Å². The van der Waals surface area contributed by atoms with E-state index in [1.54, 1.807) is 11.3 Å². The predicted octanol–water partition coefficient (Wildman–Crippen LogP) is 9.86. The number of nitrogens with zero attached hydrogens (tertiary/aromatic N) is 9. The third-order valence-corrected chi connectivity index (χ3v) is 11.0. The molecule has 0 atom stereocenters. The summed E-state index contributed by atoms with van der Waals surface area (Å²) in [5, 5.41) is 5.96. The maximum absolute atomic E-state index is 6.28. The average Bonchev–Trinajstić information content (AvgIpc) is 3.68. The Morgan fingerprint density at radius 1 is 0.588 bits per heavy atom. The molecule has 1 saturated heterocycles. The third-order valence-electron chi connectivity index (χ3n) is 8.08. The molecule has 0 radical (unpaired) electrons. The first-order valence-electron chi connectivity index (χ1n) is 15.3. The Hall–Kier alpha value is -4.17. The van der Waals surface area contributed by atoms with Crippen LogP contribution in [0.2, 0.25) is 15.7 Å². The number of anilines is 1. The Bertz CT molecular complexity index is 2500. The number of hydrogen-bond donors (Lipinski definition) is 1. The molecule has 1 fully saturated rings. The van der Waals surface area contributed by atoms with Gasteiger partial charge in [0.05, 0.1) is 42.6 Å². The van der Waals surface area contributed by atoms with Crippen molar-refractivity contribution < 1.29 is 0 Å². The monoisotopic (exact) mass is 774 g/mol. The van der Waals surface area contributed by atoms with Gasteiger partial charge >= 0.3 is 0 Å².